The molecule has 5 heteroatoms. The minimum absolute atomic E-state index is 0.152. The zero-order chi connectivity index (χ0) is 10.6. The number of aliphatic hydroxyl groups excluding tert-OH is 1. The molecule has 0 bridgehead atoms. The summed E-state index contributed by atoms with van der Waals surface area (Å²) in [5, 5.41) is 27.0. The number of carbonyl (C=O) groups is 1. The van der Waals surface area contributed by atoms with Crippen LogP contribution in [0.25, 0.3) is 0 Å². The van der Waals surface area contributed by atoms with E-state index in [9.17, 15) is 9.90 Å². The number of aliphatic hydroxyl groups is 2. The van der Waals surface area contributed by atoms with Crippen LogP contribution in [-0.2, 0) is 4.79 Å². The molecule has 0 aromatic heterocycles. The number of nitrogens with zero attached hydrogens (tertiary/aromatic N) is 1. The Labute approximate surface area is 83.0 Å². The van der Waals surface area contributed by atoms with Crippen LogP contribution in [0.5, 0.6) is 0 Å². The van der Waals surface area contributed by atoms with Crippen molar-refractivity contribution in [2.75, 3.05) is 26.2 Å². The van der Waals surface area contributed by atoms with Crippen molar-refractivity contribution in [3.8, 4) is 0 Å². The van der Waals surface area contributed by atoms with E-state index in [1.165, 1.54) is 0 Å². The van der Waals surface area contributed by atoms with Gasteiger partial charge in [0.2, 0.25) is 0 Å². The molecule has 0 aliphatic carbocycles. The fourth-order valence-electron chi connectivity index (χ4n) is 1.65. The molecule has 0 aromatic carbocycles. The van der Waals surface area contributed by atoms with Gasteiger partial charge in [0.25, 0.3) is 0 Å². The summed E-state index contributed by atoms with van der Waals surface area (Å²) in [4.78, 5) is 12.8. The van der Waals surface area contributed by atoms with E-state index in [4.69, 9.17) is 10.2 Å². The lowest BCUT2D eigenvalue weighted by Gasteiger charge is -2.35. The van der Waals surface area contributed by atoms with Crippen molar-refractivity contribution in [1.82, 2.24) is 4.90 Å². The summed E-state index contributed by atoms with van der Waals surface area (Å²) in [7, 11) is 0. The SMILES string of the molecule is O=C(O)C1(O)CCN(CCCO)CC1. The smallest absolute Gasteiger partial charge is 0.335 e. The Morgan fingerprint density at radius 2 is 1.93 bits per heavy atom. The minimum Gasteiger partial charge on any atom is -0.479 e. The molecule has 14 heavy (non-hydrogen) atoms. The normalized spacial score (nSPS) is 22.1. The standard InChI is InChI=1S/C9H17NO4/c11-7-1-4-10-5-2-9(14,3-6-10)8(12)13/h11,14H,1-7H2,(H,12,13). The maximum absolute atomic E-state index is 10.7. The van der Waals surface area contributed by atoms with E-state index in [2.05, 4.69) is 4.90 Å². The fraction of sp³-hybridized carbons (Fsp3) is 0.889. The molecule has 0 unspecified atom stereocenters. The molecule has 0 saturated carbocycles. The first-order valence-corrected chi connectivity index (χ1v) is 4.87. The molecule has 0 spiro atoms. The number of hydrogen-bond donors (Lipinski definition) is 3. The molecule has 0 aromatic rings. The summed E-state index contributed by atoms with van der Waals surface area (Å²) in [5.74, 6) is -1.13. The average molecular weight is 203 g/mol. The van der Waals surface area contributed by atoms with E-state index in [0.29, 0.717) is 19.5 Å². The van der Waals surface area contributed by atoms with Crippen molar-refractivity contribution in [3.05, 3.63) is 0 Å². The predicted molar refractivity (Wildman–Crippen MR) is 50.0 cm³/mol. The van der Waals surface area contributed by atoms with Crippen LogP contribution in [0.3, 0.4) is 0 Å². The highest BCUT2D eigenvalue weighted by Crippen LogP contribution is 2.22. The number of carboxylic acid groups (broad SMARTS) is 1. The van der Waals surface area contributed by atoms with Crippen LogP contribution in [0.1, 0.15) is 19.3 Å². The molecule has 1 rings (SSSR count). The van der Waals surface area contributed by atoms with Gasteiger partial charge in [-0.2, -0.15) is 0 Å². The molecule has 82 valence electrons. The van der Waals surface area contributed by atoms with E-state index < -0.39 is 11.6 Å². The van der Waals surface area contributed by atoms with E-state index in [1.807, 2.05) is 0 Å². The van der Waals surface area contributed by atoms with Gasteiger partial charge in [-0.05, 0) is 19.3 Å². The van der Waals surface area contributed by atoms with Crippen molar-refractivity contribution in [2.45, 2.75) is 24.9 Å². The molecule has 0 amide bonds. The van der Waals surface area contributed by atoms with E-state index in [-0.39, 0.29) is 19.4 Å². The van der Waals surface area contributed by atoms with Gasteiger partial charge in [-0.3, -0.25) is 0 Å². The predicted octanol–water partition coefficient (Wildman–Crippen LogP) is -0.720. The monoisotopic (exact) mass is 203 g/mol. The Hall–Kier alpha value is -0.650. The van der Waals surface area contributed by atoms with Crippen LogP contribution >= 0.6 is 0 Å². The minimum atomic E-state index is -1.53. The number of hydrogen-bond acceptors (Lipinski definition) is 4. The van der Waals surface area contributed by atoms with Gasteiger partial charge in [0, 0.05) is 26.2 Å². The van der Waals surface area contributed by atoms with E-state index >= 15 is 0 Å². The number of carboxylic acids is 1. The van der Waals surface area contributed by atoms with Crippen LogP contribution in [-0.4, -0.2) is 58.0 Å². The van der Waals surface area contributed by atoms with Crippen LogP contribution in [0.4, 0.5) is 0 Å². The Morgan fingerprint density at radius 3 is 2.36 bits per heavy atom. The van der Waals surface area contributed by atoms with Crippen molar-refractivity contribution >= 4 is 5.97 Å². The van der Waals surface area contributed by atoms with Crippen molar-refractivity contribution in [2.24, 2.45) is 0 Å². The zero-order valence-electron chi connectivity index (χ0n) is 8.15. The third-order valence-electron chi connectivity index (χ3n) is 2.71. The summed E-state index contributed by atoms with van der Waals surface area (Å²) in [6, 6.07) is 0. The third kappa shape index (κ3) is 2.67. The third-order valence-corrected chi connectivity index (χ3v) is 2.71. The van der Waals surface area contributed by atoms with Gasteiger partial charge in [-0.1, -0.05) is 0 Å². The first-order valence-electron chi connectivity index (χ1n) is 4.87. The van der Waals surface area contributed by atoms with Crippen LogP contribution in [0.2, 0.25) is 0 Å². The number of aliphatic carboxylic acids is 1. The van der Waals surface area contributed by atoms with Gasteiger partial charge < -0.3 is 20.2 Å². The molecule has 1 aliphatic rings. The maximum atomic E-state index is 10.7. The Bertz CT molecular complexity index is 199. The Kier molecular flexibility index (Phi) is 3.86. The van der Waals surface area contributed by atoms with Crippen LogP contribution < -0.4 is 0 Å². The van der Waals surface area contributed by atoms with Gasteiger partial charge >= 0.3 is 5.97 Å². The Morgan fingerprint density at radius 1 is 1.36 bits per heavy atom. The highest BCUT2D eigenvalue weighted by molar-refractivity contribution is 5.77. The molecule has 1 heterocycles. The lowest BCUT2D eigenvalue weighted by atomic mass is 9.91. The summed E-state index contributed by atoms with van der Waals surface area (Å²) < 4.78 is 0. The topological polar surface area (TPSA) is 81.0 Å². The first-order chi connectivity index (χ1) is 6.58. The van der Waals surface area contributed by atoms with E-state index in [0.717, 1.165) is 6.54 Å². The lowest BCUT2D eigenvalue weighted by Crippen LogP contribution is -2.49. The quantitative estimate of drug-likeness (QED) is 0.562. The molecule has 1 fully saturated rings. The number of piperidine rings is 1. The van der Waals surface area contributed by atoms with Gasteiger partial charge in [0.15, 0.2) is 5.60 Å². The second kappa shape index (κ2) is 4.72. The molecule has 1 saturated heterocycles. The molecular weight excluding hydrogens is 186 g/mol. The van der Waals surface area contributed by atoms with Crippen LogP contribution in [0, 0.1) is 0 Å². The Balaban J connectivity index is 2.34. The summed E-state index contributed by atoms with van der Waals surface area (Å²) in [5.41, 5.74) is -1.53. The van der Waals surface area contributed by atoms with Gasteiger partial charge in [0.05, 0.1) is 0 Å². The summed E-state index contributed by atoms with van der Waals surface area (Å²) in [6.45, 7) is 2.09. The highest BCUT2D eigenvalue weighted by Gasteiger charge is 2.38. The molecule has 0 radical (unpaired) electrons. The molecule has 0 atom stereocenters. The second-order valence-electron chi connectivity index (χ2n) is 3.76. The second-order valence-corrected chi connectivity index (χ2v) is 3.76. The van der Waals surface area contributed by atoms with Crippen molar-refractivity contribution in [1.29, 1.82) is 0 Å². The number of rotatable bonds is 4. The van der Waals surface area contributed by atoms with Gasteiger partial charge in [0.1, 0.15) is 0 Å². The molecular formula is C9H17NO4. The fourth-order valence-corrected chi connectivity index (χ4v) is 1.65. The lowest BCUT2D eigenvalue weighted by molar-refractivity contribution is -0.163. The van der Waals surface area contributed by atoms with Crippen molar-refractivity contribution < 1.29 is 20.1 Å². The number of likely N-dealkylation sites (tertiary alicyclic amines) is 1. The largest absolute Gasteiger partial charge is 0.479 e. The van der Waals surface area contributed by atoms with Crippen LogP contribution in [0.15, 0.2) is 0 Å². The summed E-state index contributed by atoms with van der Waals surface area (Å²) >= 11 is 0. The molecule has 5 nitrogen and oxygen atoms in total. The van der Waals surface area contributed by atoms with E-state index in [1.54, 1.807) is 0 Å². The first kappa shape index (κ1) is 11.4. The van der Waals surface area contributed by atoms with Gasteiger partial charge in [-0.25, -0.2) is 4.79 Å². The molecule has 1 aliphatic heterocycles. The maximum Gasteiger partial charge on any atom is 0.335 e. The summed E-state index contributed by atoms with van der Waals surface area (Å²) in [6.07, 6.45) is 1.24. The van der Waals surface area contributed by atoms with Gasteiger partial charge in [-0.15, -0.1) is 0 Å². The zero-order valence-corrected chi connectivity index (χ0v) is 8.15. The highest BCUT2D eigenvalue weighted by atomic mass is 16.4. The van der Waals surface area contributed by atoms with Crippen molar-refractivity contribution in [3.63, 3.8) is 0 Å². The molecule has 3 N–H and O–H groups in total. The average Bonchev–Trinajstić information content (AvgIpc) is 2.17.